The maximum Gasteiger partial charge on any atom is 0.258 e. The van der Waals surface area contributed by atoms with Crippen molar-refractivity contribution in [2.45, 2.75) is 6.92 Å². The highest BCUT2D eigenvalue weighted by atomic mass is 35.5. The van der Waals surface area contributed by atoms with E-state index < -0.39 is 17.5 Å². The minimum Gasteiger partial charge on any atom is -0.318 e. The van der Waals surface area contributed by atoms with E-state index in [-0.39, 0.29) is 16.3 Å². The number of hydrogen-bond acceptors (Lipinski definition) is 1. The molecular formula is C14H10ClF2NO. The van der Waals surface area contributed by atoms with Crippen LogP contribution >= 0.6 is 11.6 Å². The molecule has 0 aliphatic carbocycles. The smallest absolute Gasteiger partial charge is 0.258 e. The molecule has 1 N–H and O–H groups in total. The average Bonchev–Trinajstić information content (AvgIpc) is 2.33. The molecule has 0 saturated heterocycles. The van der Waals surface area contributed by atoms with Crippen LogP contribution in [0.25, 0.3) is 0 Å². The Hall–Kier alpha value is -1.94. The first-order valence-corrected chi connectivity index (χ1v) is 5.88. The number of aryl methyl sites for hydroxylation is 1. The fraction of sp³-hybridized carbons (Fsp3) is 0.0714. The lowest BCUT2D eigenvalue weighted by molar-refractivity contribution is 0.102. The second-order valence-corrected chi connectivity index (χ2v) is 4.44. The molecule has 0 bridgehead atoms. The Balaban J connectivity index is 2.31. The first kappa shape index (κ1) is 13.5. The summed E-state index contributed by atoms with van der Waals surface area (Å²) in [4.78, 5) is 11.9. The quantitative estimate of drug-likeness (QED) is 0.879. The van der Waals surface area contributed by atoms with E-state index in [0.717, 1.165) is 6.07 Å². The van der Waals surface area contributed by atoms with Crippen LogP contribution in [0.15, 0.2) is 36.4 Å². The summed E-state index contributed by atoms with van der Waals surface area (Å²) in [5.41, 5.74) is 0.372. The van der Waals surface area contributed by atoms with Crippen molar-refractivity contribution in [2.24, 2.45) is 0 Å². The topological polar surface area (TPSA) is 29.1 Å². The number of amides is 1. The van der Waals surface area contributed by atoms with Crippen LogP contribution in [-0.2, 0) is 0 Å². The van der Waals surface area contributed by atoms with E-state index in [1.807, 2.05) is 0 Å². The number of carbonyl (C=O) groups is 1. The average molecular weight is 282 g/mol. The van der Waals surface area contributed by atoms with Crippen molar-refractivity contribution in [2.75, 3.05) is 5.32 Å². The second kappa shape index (κ2) is 5.36. The summed E-state index contributed by atoms with van der Waals surface area (Å²) < 4.78 is 27.1. The molecule has 0 fully saturated rings. The molecule has 1 amide bonds. The van der Waals surface area contributed by atoms with Gasteiger partial charge in [-0.05, 0) is 36.8 Å². The van der Waals surface area contributed by atoms with Crippen LogP contribution in [-0.4, -0.2) is 5.91 Å². The van der Waals surface area contributed by atoms with E-state index in [0.29, 0.717) is 5.56 Å². The van der Waals surface area contributed by atoms with Gasteiger partial charge < -0.3 is 5.32 Å². The van der Waals surface area contributed by atoms with Crippen molar-refractivity contribution in [3.63, 3.8) is 0 Å². The van der Waals surface area contributed by atoms with Gasteiger partial charge in [-0.15, -0.1) is 0 Å². The molecule has 2 rings (SSSR count). The van der Waals surface area contributed by atoms with Crippen LogP contribution in [0.4, 0.5) is 14.5 Å². The minimum absolute atomic E-state index is 0.0564. The Morgan fingerprint density at radius 3 is 2.53 bits per heavy atom. The van der Waals surface area contributed by atoms with E-state index in [2.05, 4.69) is 5.32 Å². The van der Waals surface area contributed by atoms with E-state index in [9.17, 15) is 13.6 Å². The zero-order chi connectivity index (χ0) is 14.0. The minimum atomic E-state index is -0.746. The van der Waals surface area contributed by atoms with Crippen molar-refractivity contribution in [3.05, 3.63) is 64.2 Å². The molecule has 5 heteroatoms. The highest BCUT2D eigenvalue weighted by Gasteiger charge is 2.15. The Kier molecular flexibility index (Phi) is 3.81. The number of carbonyl (C=O) groups excluding carboxylic acids is 1. The van der Waals surface area contributed by atoms with Crippen LogP contribution < -0.4 is 5.32 Å². The standard InChI is InChI=1S/C14H10ClF2NO/c1-8-5-6-9(12(17)7-8)14(19)18-13-10(15)3-2-4-11(13)16/h2-7H,1H3,(H,18,19). The fourth-order valence-corrected chi connectivity index (χ4v) is 1.81. The molecule has 0 spiro atoms. The van der Waals surface area contributed by atoms with Gasteiger partial charge in [-0.2, -0.15) is 0 Å². The van der Waals surface area contributed by atoms with Gasteiger partial charge in [0.25, 0.3) is 5.91 Å². The molecule has 0 heterocycles. The normalized spacial score (nSPS) is 10.3. The monoisotopic (exact) mass is 281 g/mol. The molecule has 19 heavy (non-hydrogen) atoms. The maximum atomic E-state index is 13.6. The zero-order valence-corrected chi connectivity index (χ0v) is 10.8. The third kappa shape index (κ3) is 2.90. The molecule has 0 aliphatic rings. The summed E-state index contributed by atoms with van der Waals surface area (Å²) in [5, 5.41) is 2.33. The van der Waals surface area contributed by atoms with E-state index in [1.165, 1.54) is 24.3 Å². The zero-order valence-electron chi connectivity index (χ0n) is 10.0. The summed E-state index contributed by atoms with van der Waals surface area (Å²) in [6.45, 7) is 1.71. The number of hydrogen-bond donors (Lipinski definition) is 1. The number of benzene rings is 2. The predicted octanol–water partition coefficient (Wildman–Crippen LogP) is 4.18. The molecule has 2 nitrogen and oxygen atoms in total. The van der Waals surface area contributed by atoms with Gasteiger partial charge in [0.1, 0.15) is 11.6 Å². The second-order valence-electron chi connectivity index (χ2n) is 4.03. The molecule has 98 valence electrons. The predicted molar refractivity (Wildman–Crippen MR) is 70.5 cm³/mol. The van der Waals surface area contributed by atoms with E-state index in [4.69, 9.17) is 11.6 Å². The third-order valence-electron chi connectivity index (χ3n) is 2.57. The lowest BCUT2D eigenvalue weighted by Crippen LogP contribution is -2.15. The molecule has 0 aromatic heterocycles. The summed E-state index contributed by atoms with van der Waals surface area (Å²) in [6, 6.07) is 8.19. The van der Waals surface area contributed by atoms with Crippen molar-refractivity contribution >= 4 is 23.2 Å². The van der Waals surface area contributed by atoms with Gasteiger partial charge in [0.15, 0.2) is 0 Å². The van der Waals surface area contributed by atoms with Gasteiger partial charge in [-0.3, -0.25) is 4.79 Å². The number of anilines is 1. The van der Waals surface area contributed by atoms with Crippen LogP contribution in [0.3, 0.4) is 0 Å². The summed E-state index contributed by atoms with van der Waals surface area (Å²) >= 11 is 5.78. The number of halogens is 3. The molecule has 0 unspecified atom stereocenters. The molecular weight excluding hydrogens is 272 g/mol. The molecule has 2 aromatic rings. The molecule has 2 aromatic carbocycles. The van der Waals surface area contributed by atoms with Gasteiger partial charge in [0.05, 0.1) is 16.3 Å². The number of nitrogens with one attached hydrogen (secondary N) is 1. The van der Waals surface area contributed by atoms with Crippen molar-refractivity contribution in [1.82, 2.24) is 0 Å². The number of para-hydroxylation sites is 1. The summed E-state index contributed by atoms with van der Waals surface area (Å²) in [7, 11) is 0. The SMILES string of the molecule is Cc1ccc(C(=O)Nc2c(F)cccc2Cl)c(F)c1. The Labute approximate surface area is 114 Å². The maximum absolute atomic E-state index is 13.6. The lowest BCUT2D eigenvalue weighted by Gasteiger charge is -2.09. The highest BCUT2D eigenvalue weighted by molar-refractivity contribution is 6.34. The molecule has 0 atom stereocenters. The van der Waals surface area contributed by atoms with Crippen molar-refractivity contribution in [1.29, 1.82) is 0 Å². The van der Waals surface area contributed by atoms with Gasteiger partial charge in [-0.25, -0.2) is 8.78 Å². The van der Waals surface area contributed by atoms with E-state index >= 15 is 0 Å². The van der Waals surface area contributed by atoms with Gasteiger partial charge >= 0.3 is 0 Å². The largest absolute Gasteiger partial charge is 0.318 e. The first-order valence-electron chi connectivity index (χ1n) is 5.50. The highest BCUT2D eigenvalue weighted by Crippen LogP contribution is 2.25. The molecule has 0 aliphatic heterocycles. The summed E-state index contributed by atoms with van der Waals surface area (Å²) in [5.74, 6) is -2.08. The van der Waals surface area contributed by atoms with Gasteiger partial charge in [0.2, 0.25) is 0 Å². The fourth-order valence-electron chi connectivity index (χ4n) is 1.60. The Bertz CT molecular complexity index is 623. The van der Waals surface area contributed by atoms with Crippen molar-refractivity contribution < 1.29 is 13.6 Å². The Morgan fingerprint density at radius 1 is 1.16 bits per heavy atom. The molecule has 0 saturated carbocycles. The first-order chi connectivity index (χ1) is 8.99. The van der Waals surface area contributed by atoms with Crippen LogP contribution in [0.5, 0.6) is 0 Å². The van der Waals surface area contributed by atoms with Crippen molar-refractivity contribution in [3.8, 4) is 0 Å². The Morgan fingerprint density at radius 2 is 1.89 bits per heavy atom. The third-order valence-corrected chi connectivity index (χ3v) is 2.89. The van der Waals surface area contributed by atoms with Gasteiger partial charge in [0, 0.05) is 0 Å². The molecule has 0 radical (unpaired) electrons. The van der Waals surface area contributed by atoms with Crippen LogP contribution in [0, 0.1) is 18.6 Å². The number of rotatable bonds is 2. The van der Waals surface area contributed by atoms with Crippen LogP contribution in [0.2, 0.25) is 5.02 Å². The summed E-state index contributed by atoms with van der Waals surface area (Å²) in [6.07, 6.45) is 0. The van der Waals surface area contributed by atoms with Gasteiger partial charge in [-0.1, -0.05) is 23.7 Å². The lowest BCUT2D eigenvalue weighted by atomic mass is 10.1. The van der Waals surface area contributed by atoms with Crippen LogP contribution in [0.1, 0.15) is 15.9 Å². The van der Waals surface area contributed by atoms with E-state index in [1.54, 1.807) is 13.0 Å².